The second-order valence-electron chi connectivity index (χ2n) is 6.62. The highest BCUT2D eigenvalue weighted by Crippen LogP contribution is 2.25. The number of benzene rings is 1. The summed E-state index contributed by atoms with van der Waals surface area (Å²) in [5.74, 6) is -0.468. The Bertz CT molecular complexity index is 729. The van der Waals surface area contributed by atoms with Gasteiger partial charge < -0.3 is 10.8 Å². The summed E-state index contributed by atoms with van der Waals surface area (Å²) in [5.41, 5.74) is 7.18. The fourth-order valence-corrected chi connectivity index (χ4v) is 3.35. The van der Waals surface area contributed by atoms with Crippen molar-refractivity contribution in [2.75, 3.05) is 13.1 Å². The lowest BCUT2D eigenvalue weighted by Crippen LogP contribution is -2.49. The van der Waals surface area contributed by atoms with E-state index in [0.29, 0.717) is 19.5 Å². The van der Waals surface area contributed by atoms with Crippen LogP contribution in [0.15, 0.2) is 30.5 Å². The fourth-order valence-electron chi connectivity index (χ4n) is 3.35. The monoisotopic (exact) mass is 329 g/mol. The number of para-hydroxylation sites is 1. The number of primary amides is 1. The number of rotatable bonds is 5. The molecule has 1 aromatic carbocycles. The highest BCUT2D eigenvalue weighted by molar-refractivity contribution is 5.75. The lowest BCUT2D eigenvalue weighted by atomic mass is 9.89. The lowest BCUT2D eigenvalue weighted by molar-refractivity contribution is -0.125. The minimum atomic E-state index is -1.03. The third-order valence-electron chi connectivity index (χ3n) is 4.43. The standard InChI is InChI=1S/C17H23N5O2/c1-13-5-2-3-6-15(13)22-11-14(19-20-22)10-21-8-4-7-17(24,12-21)9-16(18)23/h2-3,5-6,11,24H,4,7-10,12H2,1H3,(H2,18,23). The number of aliphatic hydroxyl groups is 1. The molecule has 1 aliphatic heterocycles. The van der Waals surface area contributed by atoms with E-state index in [4.69, 9.17) is 5.73 Å². The predicted octanol–water partition coefficient (Wildman–Crippen LogP) is 0.778. The third kappa shape index (κ3) is 3.80. The van der Waals surface area contributed by atoms with Crippen molar-refractivity contribution in [3.8, 4) is 5.69 Å². The molecule has 1 aromatic heterocycles. The van der Waals surface area contributed by atoms with Gasteiger partial charge in [0.2, 0.25) is 5.91 Å². The van der Waals surface area contributed by atoms with E-state index >= 15 is 0 Å². The molecule has 2 aromatic rings. The number of aryl methyl sites for hydroxylation is 1. The Morgan fingerprint density at radius 2 is 2.21 bits per heavy atom. The van der Waals surface area contributed by atoms with Crippen molar-refractivity contribution < 1.29 is 9.90 Å². The zero-order valence-electron chi connectivity index (χ0n) is 13.9. The Labute approximate surface area is 141 Å². The summed E-state index contributed by atoms with van der Waals surface area (Å²) in [4.78, 5) is 13.2. The van der Waals surface area contributed by atoms with Crippen LogP contribution >= 0.6 is 0 Å². The molecule has 3 N–H and O–H groups in total. The zero-order chi connectivity index (χ0) is 17.2. The van der Waals surface area contributed by atoms with Crippen molar-refractivity contribution in [3.05, 3.63) is 41.7 Å². The molecule has 128 valence electrons. The number of hydrogen-bond donors (Lipinski definition) is 2. The SMILES string of the molecule is Cc1ccccc1-n1cc(CN2CCCC(O)(CC(N)=O)C2)nn1. The first kappa shape index (κ1) is 16.6. The minimum Gasteiger partial charge on any atom is -0.388 e. The number of likely N-dealkylation sites (tertiary alicyclic amines) is 1. The maximum absolute atomic E-state index is 11.1. The van der Waals surface area contributed by atoms with Gasteiger partial charge >= 0.3 is 0 Å². The maximum atomic E-state index is 11.1. The van der Waals surface area contributed by atoms with Gasteiger partial charge in [-0.05, 0) is 37.9 Å². The molecule has 7 heteroatoms. The Morgan fingerprint density at radius 3 is 2.96 bits per heavy atom. The normalized spacial score (nSPS) is 21.8. The van der Waals surface area contributed by atoms with Crippen molar-refractivity contribution in [3.63, 3.8) is 0 Å². The number of carbonyl (C=O) groups is 1. The molecule has 0 bridgehead atoms. The average Bonchev–Trinajstić information content (AvgIpc) is 2.94. The number of aromatic nitrogens is 3. The molecule has 1 saturated heterocycles. The Hall–Kier alpha value is -2.25. The molecule has 1 aliphatic rings. The van der Waals surface area contributed by atoms with Crippen LogP contribution in [0.5, 0.6) is 0 Å². The molecule has 3 rings (SSSR count). The molecule has 0 spiro atoms. The second kappa shape index (κ2) is 6.70. The number of β-amino-alcohol motifs (C(OH)–C–C–N with tert-alkyl or cyclic N) is 1. The molecule has 0 saturated carbocycles. The summed E-state index contributed by atoms with van der Waals surface area (Å²) < 4.78 is 1.77. The number of hydrogen-bond acceptors (Lipinski definition) is 5. The molecule has 2 heterocycles. The van der Waals surface area contributed by atoms with Gasteiger partial charge in [0.05, 0.1) is 29.6 Å². The van der Waals surface area contributed by atoms with Gasteiger partial charge in [-0.15, -0.1) is 5.10 Å². The van der Waals surface area contributed by atoms with Crippen LogP contribution in [0.25, 0.3) is 5.69 Å². The molecule has 1 amide bonds. The van der Waals surface area contributed by atoms with E-state index in [9.17, 15) is 9.90 Å². The van der Waals surface area contributed by atoms with E-state index < -0.39 is 11.5 Å². The van der Waals surface area contributed by atoms with E-state index in [0.717, 1.165) is 29.9 Å². The molecule has 24 heavy (non-hydrogen) atoms. The highest BCUT2D eigenvalue weighted by atomic mass is 16.3. The number of carbonyl (C=O) groups excluding carboxylic acids is 1. The summed E-state index contributed by atoms with van der Waals surface area (Å²) in [5, 5.41) is 19.0. The molecule has 1 unspecified atom stereocenters. The van der Waals surface area contributed by atoms with Gasteiger partial charge in [-0.3, -0.25) is 9.69 Å². The van der Waals surface area contributed by atoms with Crippen molar-refractivity contribution >= 4 is 5.91 Å². The fraction of sp³-hybridized carbons (Fsp3) is 0.471. The summed E-state index contributed by atoms with van der Waals surface area (Å²) in [6.45, 7) is 3.91. The average molecular weight is 329 g/mol. The third-order valence-corrected chi connectivity index (χ3v) is 4.43. The molecular formula is C17H23N5O2. The van der Waals surface area contributed by atoms with E-state index in [1.807, 2.05) is 37.4 Å². The number of piperidine rings is 1. The topological polar surface area (TPSA) is 97.3 Å². The van der Waals surface area contributed by atoms with Crippen molar-refractivity contribution in [2.45, 2.75) is 38.3 Å². The first-order chi connectivity index (χ1) is 11.5. The quantitative estimate of drug-likeness (QED) is 0.845. The van der Waals surface area contributed by atoms with Gasteiger partial charge in [0, 0.05) is 13.1 Å². The van der Waals surface area contributed by atoms with Crippen LogP contribution in [0.2, 0.25) is 0 Å². The molecule has 7 nitrogen and oxygen atoms in total. The predicted molar refractivity (Wildman–Crippen MR) is 89.4 cm³/mol. The van der Waals surface area contributed by atoms with E-state index in [-0.39, 0.29) is 6.42 Å². The summed E-state index contributed by atoms with van der Waals surface area (Å²) in [6.07, 6.45) is 3.33. The smallest absolute Gasteiger partial charge is 0.220 e. The van der Waals surface area contributed by atoms with Gasteiger partial charge in [-0.1, -0.05) is 23.4 Å². The lowest BCUT2D eigenvalue weighted by Gasteiger charge is -2.38. The van der Waals surface area contributed by atoms with E-state index in [1.54, 1.807) is 4.68 Å². The van der Waals surface area contributed by atoms with Crippen LogP contribution in [0.4, 0.5) is 0 Å². The van der Waals surface area contributed by atoms with Gasteiger partial charge in [0.25, 0.3) is 0 Å². The summed E-state index contributed by atoms with van der Waals surface area (Å²) >= 11 is 0. The Morgan fingerprint density at radius 1 is 1.42 bits per heavy atom. The van der Waals surface area contributed by atoms with E-state index in [1.165, 1.54) is 0 Å². The van der Waals surface area contributed by atoms with Gasteiger partial charge in [0.15, 0.2) is 0 Å². The molecule has 0 radical (unpaired) electrons. The van der Waals surface area contributed by atoms with Crippen LogP contribution in [-0.4, -0.2) is 49.6 Å². The highest BCUT2D eigenvalue weighted by Gasteiger charge is 2.34. The number of nitrogens with zero attached hydrogens (tertiary/aromatic N) is 4. The van der Waals surface area contributed by atoms with Crippen molar-refractivity contribution in [1.29, 1.82) is 0 Å². The largest absolute Gasteiger partial charge is 0.388 e. The Balaban J connectivity index is 1.69. The van der Waals surface area contributed by atoms with Gasteiger partial charge in [-0.2, -0.15) is 0 Å². The zero-order valence-corrected chi connectivity index (χ0v) is 13.9. The van der Waals surface area contributed by atoms with Crippen LogP contribution in [-0.2, 0) is 11.3 Å². The van der Waals surface area contributed by atoms with Crippen molar-refractivity contribution in [1.82, 2.24) is 19.9 Å². The van der Waals surface area contributed by atoms with Crippen LogP contribution in [0.1, 0.15) is 30.5 Å². The first-order valence-corrected chi connectivity index (χ1v) is 8.15. The molecule has 0 aliphatic carbocycles. The maximum Gasteiger partial charge on any atom is 0.220 e. The van der Waals surface area contributed by atoms with Crippen LogP contribution < -0.4 is 5.73 Å². The van der Waals surface area contributed by atoms with Gasteiger partial charge in [0.1, 0.15) is 0 Å². The first-order valence-electron chi connectivity index (χ1n) is 8.15. The molecular weight excluding hydrogens is 306 g/mol. The van der Waals surface area contributed by atoms with Crippen LogP contribution in [0.3, 0.4) is 0 Å². The molecule has 1 fully saturated rings. The summed E-state index contributed by atoms with van der Waals surface area (Å²) in [7, 11) is 0. The summed E-state index contributed by atoms with van der Waals surface area (Å²) in [6, 6.07) is 7.99. The van der Waals surface area contributed by atoms with E-state index in [2.05, 4.69) is 15.2 Å². The minimum absolute atomic E-state index is 0.000595. The van der Waals surface area contributed by atoms with Gasteiger partial charge in [-0.25, -0.2) is 4.68 Å². The number of nitrogens with two attached hydrogens (primary N) is 1. The van der Waals surface area contributed by atoms with Crippen molar-refractivity contribution in [2.24, 2.45) is 5.73 Å². The second-order valence-corrected chi connectivity index (χ2v) is 6.62. The van der Waals surface area contributed by atoms with Crippen LogP contribution in [0, 0.1) is 6.92 Å². The molecule has 1 atom stereocenters. The Kier molecular flexibility index (Phi) is 4.64. The number of amides is 1.